The number of hydrogen-bond donors (Lipinski definition) is 3. The van der Waals surface area contributed by atoms with E-state index in [-0.39, 0.29) is 12.1 Å². The second-order valence-electron chi connectivity index (χ2n) is 3.27. The van der Waals surface area contributed by atoms with E-state index >= 15 is 0 Å². The monoisotopic (exact) mass is 224 g/mol. The first-order valence-electron chi connectivity index (χ1n) is 4.63. The first-order chi connectivity index (χ1) is 7.52. The molecule has 0 radical (unpaired) electrons. The molecule has 0 aromatic carbocycles. The fraction of sp³-hybridized carbons (Fsp3) is 0.300. The number of ketones is 1. The number of aliphatic carboxylic acids is 1. The third-order valence-electron chi connectivity index (χ3n) is 2.04. The Hall–Kier alpha value is -1.79. The zero-order chi connectivity index (χ0) is 12.1. The van der Waals surface area contributed by atoms with Crippen LogP contribution in [0.25, 0.3) is 0 Å². The van der Waals surface area contributed by atoms with E-state index in [2.05, 4.69) is 4.98 Å². The van der Waals surface area contributed by atoms with Crippen molar-refractivity contribution in [2.75, 3.05) is 0 Å². The van der Waals surface area contributed by atoms with E-state index in [4.69, 9.17) is 10.8 Å². The number of carbonyl (C=O) groups excluding carboxylic acids is 1. The Kier molecular flexibility index (Phi) is 4.10. The van der Waals surface area contributed by atoms with Gasteiger partial charge in [0, 0.05) is 12.6 Å². The molecule has 0 aliphatic carbocycles. The number of Topliss-reactive ketones (excluding diaryl/α,β-unsaturated/α-hetero) is 1. The average molecular weight is 224 g/mol. The molecule has 0 saturated heterocycles. The number of pyridine rings is 1. The van der Waals surface area contributed by atoms with Gasteiger partial charge in [0.05, 0.1) is 6.10 Å². The Labute approximate surface area is 91.7 Å². The highest BCUT2D eigenvalue weighted by molar-refractivity contribution is 5.94. The van der Waals surface area contributed by atoms with Crippen molar-refractivity contribution in [2.45, 2.75) is 18.6 Å². The van der Waals surface area contributed by atoms with Gasteiger partial charge in [0.15, 0.2) is 5.78 Å². The molecule has 1 aromatic heterocycles. The van der Waals surface area contributed by atoms with Crippen LogP contribution in [-0.4, -0.2) is 39.1 Å². The SMILES string of the molecule is N[C@H](C(=O)O)[C@H](O)CC(=O)c1ccccn1. The van der Waals surface area contributed by atoms with Gasteiger partial charge in [-0.05, 0) is 12.1 Å². The minimum Gasteiger partial charge on any atom is -0.480 e. The van der Waals surface area contributed by atoms with E-state index in [1.54, 1.807) is 12.1 Å². The molecule has 0 aliphatic rings. The molecule has 6 nitrogen and oxygen atoms in total. The second kappa shape index (κ2) is 5.34. The molecule has 1 rings (SSSR count). The van der Waals surface area contributed by atoms with Gasteiger partial charge in [-0.3, -0.25) is 14.6 Å². The summed E-state index contributed by atoms with van der Waals surface area (Å²) in [5.74, 6) is -1.79. The van der Waals surface area contributed by atoms with Crippen LogP contribution >= 0.6 is 0 Å². The normalized spacial score (nSPS) is 14.1. The Morgan fingerprint density at radius 2 is 2.12 bits per heavy atom. The molecular weight excluding hydrogens is 212 g/mol. The predicted octanol–water partition coefficient (Wildman–Crippen LogP) is -0.573. The van der Waals surface area contributed by atoms with Crippen molar-refractivity contribution in [3.63, 3.8) is 0 Å². The number of nitrogens with zero attached hydrogens (tertiary/aromatic N) is 1. The van der Waals surface area contributed by atoms with Crippen molar-refractivity contribution < 1.29 is 19.8 Å². The standard InChI is InChI=1S/C10H12N2O4/c11-9(10(15)16)8(14)5-7(13)6-3-1-2-4-12-6/h1-4,8-9,14H,5,11H2,(H,15,16)/t8-,9+/m1/s1. The largest absolute Gasteiger partial charge is 0.480 e. The first-order valence-corrected chi connectivity index (χ1v) is 4.63. The summed E-state index contributed by atoms with van der Waals surface area (Å²) in [5, 5.41) is 17.9. The molecular formula is C10H12N2O4. The Morgan fingerprint density at radius 3 is 2.62 bits per heavy atom. The molecule has 86 valence electrons. The van der Waals surface area contributed by atoms with Crippen LogP contribution in [0.1, 0.15) is 16.9 Å². The number of carbonyl (C=O) groups is 2. The lowest BCUT2D eigenvalue weighted by molar-refractivity contribution is -0.141. The predicted molar refractivity (Wildman–Crippen MR) is 54.8 cm³/mol. The average Bonchev–Trinajstić information content (AvgIpc) is 2.28. The molecule has 4 N–H and O–H groups in total. The molecule has 1 heterocycles. The first kappa shape index (κ1) is 12.3. The van der Waals surface area contributed by atoms with E-state index < -0.39 is 23.9 Å². The van der Waals surface area contributed by atoms with Crippen molar-refractivity contribution in [1.29, 1.82) is 0 Å². The van der Waals surface area contributed by atoms with E-state index in [9.17, 15) is 14.7 Å². The minimum absolute atomic E-state index is 0.180. The number of carboxylic acid groups (broad SMARTS) is 1. The molecule has 6 heteroatoms. The van der Waals surface area contributed by atoms with Crippen molar-refractivity contribution in [1.82, 2.24) is 4.98 Å². The fourth-order valence-corrected chi connectivity index (χ4v) is 1.11. The molecule has 1 aromatic rings. The van der Waals surface area contributed by atoms with Gasteiger partial charge < -0.3 is 15.9 Å². The highest BCUT2D eigenvalue weighted by Crippen LogP contribution is 2.04. The van der Waals surface area contributed by atoms with E-state index in [1.165, 1.54) is 12.3 Å². The maximum Gasteiger partial charge on any atom is 0.323 e. The number of carboxylic acids is 1. The van der Waals surface area contributed by atoms with Gasteiger partial charge in [-0.15, -0.1) is 0 Å². The lowest BCUT2D eigenvalue weighted by Crippen LogP contribution is -2.42. The summed E-state index contributed by atoms with van der Waals surface area (Å²) >= 11 is 0. The van der Waals surface area contributed by atoms with Crippen molar-refractivity contribution in [3.05, 3.63) is 30.1 Å². The van der Waals surface area contributed by atoms with E-state index in [0.717, 1.165) is 0 Å². The number of aliphatic hydroxyl groups is 1. The second-order valence-corrected chi connectivity index (χ2v) is 3.27. The maximum absolute atomic E-state index is 11.5. The molecule has 0 saturated carbocycles. The van der Waals surface area contributed by atoms with Crippen molar-refractivity contribution in [2.24, 2.45) is 5.73 Å². The molecule has 0 spiro atoms. The van der Waals surface area contributed by atoms with Gasteiger partial charge in [-0.25, -0.2) is 0 Å². The lowest BCUT2D eigenvalue weighted by Gasteiger charge is -2.13. The zero-order valence-corrected chi connectivity index (χ0v) is 8.41. The summed E-state index contributed by atoms with van der Waals surface area (Å²) in [7, 11) is 0. The summed E-state index contributed by atoms with van der Waals surface area (Å²) in [4.78, 5) is 25.7. The Morgan fingerprint density at radius 1 is 1.44 bits per heavy atom. The van der Waals surface area contributed by atoms with Crippen LogP contribution in [0.5, 0.6) is 0 Å². The highest BCUT2D eigenvalue weighted by Gasteiger charge is 2.25. The van der Waals surface area contributed by atoms with Crippen LogP contribution in [0.4, 0.5) is 0 Å². The van der Waals surface area contributed by atoms with E-state index in [0.29, 0.717) is 0 Å². The minimum atomic E-state index is -1.47. The molecule has 0 fully saturated rings. The molecule has 0 amide bonds. The van der Waals surface area contributed by atoms with Gasteiger partial charge in [-0.1, -0.05) is 6.07 Å². The third-order valence-corrected chi connectivity index (χ3v) is 2.04. The molecule has 0 aliphatic heterocycles. The van der Waals surface area contributed by atoms with Gasteiger partial charge in [0.2, 0.25) is 0 Å². The van der Waals surface area contributed by atoms with Gasteiger partial charge in [0.25, 0.3) is 0 Å². The van der Waals surface area contributed by atoms with Crippen LogP contribution in [-0.2, 0) is 4.79 Å². The highest BCUT2D eigenvalue weighted by atomic mass is 16.4. The van der Waals surface area contributed by atoms with Crippen LogP contribution in [0, 0.1) is 0 Å². The van der Waals surface area contributed by atoms with Gasteiger partial charge >= 0.3 is 5.97 Å². The quantitative estimate of drug-likeness (QED) is 0.577. The number of hydrogen-bond acceptors (Lipinski definition) is 5. The summed E-state index contributed by atoms with van der Waals surface area (Å²) < 4.78 is 0. The number of aliphatic hydroxyl groups excluding tert-OH is 1. The Balaban J connectivity index is 2.62. The number of nitrogens with two attached hydrogens (primary N) is 1. The third kappa shape index (κ3) is 3.11. The van der Waals surface area contributed by atoms with Crippen LogP contribution in [0.3, 0.4) is 0 Å². The number of rotatable bonds is 5. The molecule has 2 atom stereocenters. The summed E-state index contributed by atoms with van der Waals surface area (Å²) in [6.45, 7) is 0. The summed E-state index contributed by atoms with van der Waals surface area (Å²) in [6.07, 6.45) is -0.326. The van der Waals surface area contributed by atoms with Crippen molar-refractivity contribution in [3.8, 4) is 0 Å². The van der Waals surface area contributed by atoms with E-state index in [1.807, 2.05) is 0 Å². The summed E-state index contributed by atoms with van der Waals surface area (Å²) in [6, 6.07) is 3.30. The maximum atomic E-state index is 11.5. The Bertz CT molecular complexity index is 380. The van der Waals surface area contributed by atoms with Crippen LogP contribution in [0.15, 0.2) is 24.4 Å². The van der Waals surface area contributed by atoms with Crippen LogP contribution < -0.4 is 5.73 Å². The van der Waals surface area contributed by atoms with Crippen LogP contribution in [0.2, 0.25) is 0 Å². The number of aromatic nitrogens is 1. The molecule has 0 unspecified atom stereocenters. The lowest BCUT2D eigenvalue weighted by atomic mass is 10.0. The van der Waals surface area contributed by atoms with Gasteiger partial charge in [-0.2, -0.15) is 0 Å². The fourth-order valence-electron chi connectivity index (χ4n) is 1.11. The topological polar surface area (TPSA) is 114 Å². The van der Waals surface area contributed by atoms with Crippen molar-refractivity contribution >= 4 is 11.8 Å². The summed E-state index contributed by atoms with van der Waals surface area (Å²) in [5.41, 5.74) is 5.34. The van der Waals surface area contributed by atoms with Gasteiger partial charge in [0.1, 0.15) is 11.7 Å². The molecule has 0 bridgehead atoms. The zero-order valence-electron chi connectivity index (χ0n) is 8.41. The smallest absolute Gasteiger partial charge is 0.323 e. The molecule has 16 heavy (non-hydrogen) atoms.